The molecule has 0 bridgehead atoms. The highest BCUT2D eigenvalue weighted by atomic mass is 32.2. The Labute approximate surface area is 259 Å². The molecule has 45 heavy (non-hydrogen) atoms. The van der Waals surface area contributed by atoms with Crippen LogP contribution in [0.5, 0.6) is 11.6 Å². The van der Waals surface area contributed by atoms with Crippen LogP contribution in [0.4, 0.5) is 24.8 Å². The van der Waals surface area contributed by atoms with Gasteiger partial charge in [0.05, 0.1) is 24.7 Å². The zero-order valence-electron chi connectivity index (χ0n) is 25.0. The van der Waals surface area contributed by atoms with Gasteiger partial charge in [-0.1, -0.05) is 24.3 Å². The first kappa shape index (κ1) is 32.4. The van der Waals surface area contributed by atoms with Crippen LogP contribution in [0.15, 0.2) is 48.7 Å². The van der Waals surface area contributed by atoms with Crippen molar-refractivity contribution < 1.29 is 35.9 Å². The van der Waals surface area contributed by atoms with E-state index >= 15 is 0 Å². The zero-order valence-corrected chi connectivity index (χ0v) is 25.8. The van der Waals surface area contributed by atoms with Gasteiger partial charge in [-0.3, -0.25) is 10.1 Å². The summed E-state index contributed by atoms with van der Waals surface area (Å²) in [5.74, 6) is -1.32. The van der Waals surface area contributed by atoms with Gasteiger partial charge in [-0.2, -0.15) is 18.2 Å². The molecule has 1 aromatic heterocycles. The van der Waals surface area contributed by atoms with Crippen LogP contribution in [-0.4, -0.2) is 80.7 Å². The maximum Gasteiger partial charge on any atom is 0.423 e. The average Bonchev–Trinajstić information content (AvgIpc) is 3.33. The van der Waals surface area contributed by atoms with Gasteiger partial charge in [-0.25, -0.2) is 13.4 Å². The van der Waals surface area contributed by atoms with Crippen molar-refractivity contribution in [3.8, 4) is 11.6 Å². The summed E-state index contributed by atoms with van der Waals surface area (Å²) in [7, 11) is 0.0122. The molecule has 1 saturated heterocycles. The number of benzene rings is 2. The van der Waals surface area contributed by atoms with E-state index in [0.29, 0.717) is 17.5 Å². The number of hydrogen-bond acceptors (Lipinski definition) is 10. The third-order valence-electron chi connectivity index (χ3n) is 7.83. The van der Waals surface area contributed by atoms with E-state index in [1.807, 2.05) is 13.1 Å². The van der Waals surface area contributed by atoms with E-state index in [1.54, 1.807) is 30.3 Å². The molecular weight excluding hydrogens is 613 g/mol. The number of ether oxygens (including phenoxy) is 2. The molecule has 11 nitrogen and oxygen atoms in total. The summed E-state index contributed by atoms with van der Waals surface area (Å²) in [5, 5.41) is 8.82. The number of carbonyl (C=O) groups excluding carboxylic acids is 1. The molecule has 1 aliphatic carbocycles. The Bertz CT molecular complexity index is 1650. The van der Waals surface area contributed by atoms with Gasteiger partial charge >= 0.3 is 6.18 Å². The van der Waals surface area contributed by atoms with Gasteiger partial charge in [0.2, 0.25) is 11.8 Å². The van der Waals surface area contributed by atoms with Crippen LogP contribution >= 0.6 is 0 Å². The molecule has 0 saturated carbocycles. The van der Waals surface area contributed by atoms with Gasteiger partial charge in [-0.15, -0.1) is 0 Å². The molecule has 0 spiro atoms. The topological polar surface area (TPSA) is 135 Å². The van der Waals surface area contributed by atoms with Crippen molar-refractivity contribution in [3.63, 3.8) is 0 Å². The summed E-state index contributed by atoms with van der Waals surface area (Å²) in [5.41, 5.74) is 0.940. The fourth-order valence-electron chi connectivity index (χ4n) is 5.49. The molecule has 3 aromatic rings. The highest BCUT2D eigenvalue weighted by Crippen LogP contribution is 2.40. The molecular formula is C30H35F3N6O5S. The molecule has 1 aliphatic heterocycles. The van der Waals surface area contributed by atoms with Crippen molar-refractivity contribution in [2.75, 3.05) is 44.7 Å². The fourth-order valence-corrected chi connectivity index (χ4v) is 5.98. The molecule has 242 valence electrons. The molecule has 2 heterocycles. The number of hydrogen-bond donors (Lipinski definition) is 3. The molecule has 1 fully saturated rings. The van der Waals surface area contributed by atoms with E-state index in [0.717, 1.165) is 43.3 Å². The number of alkyl halides is 3. The summed E-state index contributed by atoms with van der Waals surface area (Å²) in [6.45, 7) is 1.75. The highest BCUT2D eigenvalue weighted by Gasteiger charge is 2.40. The van der Waals surface area contributed by atoms with E-state index in [9.17, 15) is 26.4 Å². The summed E-state index contributed by atoms with van der Waals surface area (Å²) in [4.78, 5) is 23.2. The Morgan fingerprint density at radius 2 is 1.87 bits per heavy atom. The summed E-state index contributed by atoms with van der Waals surface area (Å²) in [6, 6.07) is 11.2. The van der Waals surface area contributed by atoms with Gasteiger partial charge in [0.15, 0.2) is 9.84 Å². The van der Waals surface area contributed by atoms with Gasteiger partial charge in [0, 0.05) is 30.5 Å². The molecule has 1 amide bonds. The average molecular weight is 649 g/mol. The fraction of sp³-hybridized carbons (Fsp3) is 0.433. The Kier molecular flexibility index (Phi) is 9.51. The minimum absolute atomic E-state index is 0.0302. The summed E-state index contributed by atoms with van der Waals surface area (Å²) >= 11 is 0. The molecule has 0 radical (unpaired) electrons. The van der Waals surface area contributed by atoms with Crippen LogP contribution in [0.3, 0.4) is 0 Å². The van der Waals surface area contributed by atoms with Crippen LogP contribution in [-0.2, 0) is 22.4 Å². The van der Waals surface area contributed by atoms with Crippen LogP contribution in [0, 0.1) is 0 Å². The number of nitrogens with one attached hydrogen (secondary N) is 3. The van der Waals surface area contributed by atoms with Gasteiger partial charge < -0.3 is 25.0 Å². The van der Waals surface area contributed by atoms with Gasteiger partial charge in [0.1, 0.15) is 17.4 Å². The highest BCUT2D eigenvalue weighted by molar-refractivity contribution is 7.90. The number of halogens is 3. The largest absolute Gasteiger partial charge is 0.495 e. The van der Waals surface area contributed by atoms with Crippen molar-refractivity contribution in [1.29, 1.82) is 0 Å². The Morgan fingerprint density at radius 1 is 1.13 bits per heavy atom. The van der Waals surface area contributed by atoms with Gasteiger partial charge in [-0.05, 0) is 62.3 Å². The first-order chi connectivity index (χ1) is 21.3. The number of aromatic nitrogens is 2. The second-order valence-electron chi connectivity index (χ2n) is 11.3. The lowest BCUT2D eigenvalue weighted by Crippen LogP contribution is -2.43. The maximum absolute atomic E-state index is 14.1. The number of anilines is 2. The Balaban J connectivity index is 1.41. The molecule has 5 rings (SSSR count). The molecule has 3 N–H and O–H groups in total. The Hall–Kier alpha value is -3.95. The molecule has 2 aromatic carbocycles. The molecule has 0 unspecified atom stereocenters. The number of fused-ring (bicyclic) bond motifs is 1. The number of sulfone groups is 1. The molecule has 15 heteroatoms. The number of carbonyl (C=O) groups is 1. The number of amides is 1. The van der Waals surface area contributed by atoms with Crippen molar-refractivity contribution in [2.45, 2.75) is 43.6 Å². The SMILES string of the molecule is COc1ccc(C(=O)NC2CCN(C)CC2)cc1Nc1ncc(C(F)(F)F)c(O[C@@H]2Cc3ccccc3[C@H]2NCS(C)(=O)=O)n1. The van der Waals surface area contributed by atoms with Crippen molar-refractivity contribution in [1.82, 2.24) is 25.5 Å². The van der Waals surface area contributed by atoms with Crippen LogP contribution < -0.4 is 25.4 Å². The van der Waals surface area contributed by atoms with E-state index in [1.165, 1.54) is 13.2 Å². The number of piperidine rings is 1. The number of rotatable bonds is 10. The lowest BCUT2D eigenvalue weighted by molar-refractivity contribution is -0.140. The van der Waals surface area contributed by atoms with Crippen LogP contribution in [0.2, 0.25) is 0 Å². The first-order valence-electron chi connectivity index (χ1n) is 14.3. The number of likely N-dealkylation sites (tertiary alicyclic amines) is 1. The molecule has 2 aliphatic rings. The minimum atomic E-state index is -4.83. The summed E-state index contributed by atoms with van der Waals surface area (Å²) < 4.78 is 77.3. The van der Waals surface area contributed by atoms with E-state index in [2.05, 4.69) is 30.8 Å². The second kappa shape index (κ2) is 13.2. The standard InChI is InChI=1S/C30H35F3N6O5S/c1-39-12-10-20(11-13-39)36-27(40)19-8-9-24(43-2)23(14-19)37-29-34-16-22(30(31,32)33)28(38-29)44-25-15-18-6-4-5-7-21(18)26(25)35-17-45(3,41)42/h4-9,14,16,20,25-26,35H,10-13,15,17H2,1-3H3,(H,36,40)(H,34,37,38)/t25-,26-/m1/s1. The number of nitrogens with zero attached hydrogens (tertiary/aromatic N) is 3. The lowest BCUT2D eigenvalue weighted by Gasteiger charge is -2.29. The minimum Gasteiger partial charge on any atom is -0.495 e. The normalized spacial score (nSPS) is 19.2. The van der Waals surface area contributed by atoms with E-state index in [4.69, 9.17) is 9.47 Å². The predicted molar refractivity (Wildman–Crippen MR) is 161 cm³/mol. The first-order valence-corrected chi connectivity index (χ1v) is 16.4. The quantitative estimate of drug-likeness (QED) is 0.299. The monoisotopic (exact) mass is 648 g/mol. The van der Waals surface area contributed by atoms with Gasteiger partial charge in [0.25, 0.3) is 5.91 Å². The number of methoxy groups -OCH3 is 1. The third kappa shape index (κ3) is 8.02. The van der Waals surface area contributed by atoms with Crippen LogP contribution in [0.25, 0.3) is 0 Å². The van der Waals surface area contributed by atoms with Crippen molar-refractivity contribution in [3.05, 3.63) is 70.9 Å². The van der Waals surface area contributed by atoms with Crippen molar-refractivity contribution >= 4 is 27.4 Å². The Morgan fingerprint density at radius 3 is 2.56 bits per heavy atom. The predicted octanol–water partition coefficient (Wildman–Crippen LogP) is 3.71. The van der Waals surface area contributed by atoms with E-state index in [-0.39, 0.29) is 30.0 Å². The zero-order chi connectivity index (χ0) is 32.4. The maximum atomic E-state index is 14.1. The van der Waals surface area contributed by atoms with Crippen molar-refractivity contribution in [2.24, 2.45) is 0 Å². The summed E-state index contributed by atoms with van der Waals surface area (Å²) in [6.07, 6.45) is -2.18. The van der Waals surface area contributed by atoms with E-state index < -0.39 is 45.5 Å². The second-order valence-corrected chi connectivity index (χ2v) is 13.5. The molecule has 2 atom stereocenters. The smallest absolute Gasteiger partial charge is 0.423 e. The third-order valence-corrected chi connectivity index (χ3v) is 8.52. The lowest BCUT2D eigenvalue weighted by atomic mass is 10.0. The van der Waals surface area contributed by atoms with Crippen LogP contribution in [0.1, 0.15) is 45.9 Å².